The molecule has 0 amide bonds. The normalized spacial score (nSPS) is 16.2. The fourth-order valence-corrected chi connectivity index (χ4v) is 13.9. The maximum Gasteiger partial charge on any atom is 0.333 e. The van der Waals surface area contributed by atoms with E-state index in [2.05, 4.69) is 191 Å². The second kappa shape index (κ2) is 12.2. The number of para-hydroxylation sites is 2. The lowest BCUT2D eigenvalue weighted by atomic mass is 9.43. The van der Waals surface area contributed by atoms with Gasteiger partial charge in [-0.05, 0) is 123 Å². The molecule has 8 aromatic carbocycles. The van der Waals surface area contributed by atoms with Crippen molar-refractivity contribution in [3.05, 3.63) is 150 Å². The Labute approximate surface area is 387 Å². The topological polar surface area (TPSA) is 34.5 Å². The molecule has 0 unspecified atom stereocenters. The molecular weight excluding hydrogens is 824 g/mol. The summed E-state index contributed by atoms with van der Waals surface area (Å²) in [4.78, 5) is 2.64. The molecule has 0 saturated carbocycles. The summed E-state index contributed by atoms with van der Waals surface area (Å²) >= 11 is 1.96. The fraction of sp³-hybridized carbons (Fsp3) is 0.200. The average Bonchev–Trinajstić information content (AvgIpc) is 4.07. The Morgan fingerprint density at radius 3 is 1.89 bits per heavy atom. The van der Waals surface area contributed by atoms with Crippen molar-refractivity contribution in [3.8, 4) is 16.8 Å². The molecule has 2 aliphatic heterocycles. The van der Waals surface area contributed by atoms with Gasteiger partial charge in [-0.2, -0.15) is 0 Å². The molecule has 4 aromatic heterocycles. The van der Waals surface area contributed by atoms with Crippen LogP contribution in [-0.2, 0) is 16.2 Å². The summed E-state index contributed by atoms with van der Waals surface area (Å²) < 4.78 is 19.0. The van der Waals surface area contributed by atoms with Crippen LogP contribution < -0.4 is 15.7 Å². The number of fused-ring (bicyclic) bond motifs is 20. The van der Waals surface area contributed by atoms with Gasteiger partial charge < -0.3 is 18.2 Å². The minimum absolute atomic E-state index is 0.0106. The van der Waals surface area contributed by atoms with Crippen LogP contribution in [0, 0.1) is 0 Å². The van der Waals surface area contributed by atoms with Gasteiger partial charge in [-0.1, -0.05) is 115 Å². The van der Waals surface area contributed by atoms with E-state index in [4.69, 9.17) is 8.83 Å². The first-order valence-corrected chi connectivity index (χ1v) is 24.5. The van der Waals surface area contributed by atoms with E-state index in [0.29, 0.717) is 0 Å². The highest BCUT2D eigenvalue weighted by molar-refractivity contribution is 7.27. The first kappa shape index (κ1) is 37.5. The van der Waals surface area contributed by atoms with Gasteiger partial charge >= 0.3 is 6.85 Å². The molecule has 0 radical (unpaired) electrons. The van der Waals surface area contributed by atoms with Crippen LogP contribution in [0.3, 0.4) is 0 Å². The maximum absolute atomic E-state index is 6.84. The largest absolute Gasteiger partial charge is 0.456 e. The molecule has 6 heteroatoms. The van der Waals surface area contributed by atoms with Gasteiger partial charge in [0.1, 0.15) is 22.3 Å². The van der Waals surface area contributed by atoms with Gasteiger partial charge in [0.15, 0.2) is 0 Å². The van der Waals surface area contributed by atoms with Crippen LogP contribution in [0.15, 0.2) is 142 Å². The van der Waals surface area contributed by atoms with Crippen LogP contribution >= 0.6 is 11.3 Å². The Kier molecular flexibility index (Phi) is 6.91. The molecule has 66 heavy (non-hydrogen) atoms. The van der Waals surface area contributed by atoms with E-state index in [1.807, 2.05) is 11.3 Å². The SMILES string of the molecule is CC(C)(C)c1ccc(N2B3c4cc5oc6ccccc6c5cc4-n4c5cc6c(cc5c5c7sc8ccccc8c7c(c3c54)-c3cc4c(cc32)oc2ccccc24)C(C)(C)CCC6(C)C)cc1. The van der Waals surface area contributed by atoms with Crippen molar-refractivity contribution in [2.45, 2.75) is 77.6 Å². The second-order valence-electron chi connectivity index (χ2n) is 21.9. The Morgan fingerprint density at radius 2 is 1.20 bits per heavy atom. The smallest absolute Gasteiger partial charge is 0.333 e. The van der Waals surface area contributed by atoms with Crippen molar-refractivity contribution < 1.29 is 8.83 Å². The highest BCUT2D eigenvalue weighted by atomic mass is 32.1. The molecule has 0 bridgehead atoms. The summed E-state index contributed by atoms with van der Waals surface area (Å²) in [6.07, 6.45) is 2.32. The summed E-state index contributed by atoms with van der Waals surface area (Å²) in [6.45, 7) is 16.6. The molecule has 1 aliphatic carbocycles. The molecule has 318 valence electrons. The van der Waals surface area contributed by atoms with Gasteiger partial charge in [-0.3, -0.25) is 0 Å². The summed E-state index contributed by atoms with van der Waals surface area (Å²) in [7, 11) is 0. The van der Waals surface area contributed by atoms with Crippen LogP contribution in [0.2, 0.25) is 0 Å². The Morgan fingerprint density at radius 1 is 0.576 bits per heavy atom. The Bertz CT molecular complexity index is 4170. The number of nitrogens with zero attached hydrogens (tertiary/aromatic N) is 2. The van der Waals surface area contributed by atoms with Gasteiger partial charge in [0.25, 0.3) is 0 Å². The molecule has 0 saturated heterocycles. The lowest BCUT2D eigenvalue weighted by molar-refractivity contribution is 0.332. The van der Waals surface area contributed by atoms with Gasteiger partial charge in [0.2, 0.25) is 0 Å². The van der Waals surface area contributed by atoms with Crippen molar-refractivity contribution in [1.29, 1.82) is 0 Å². The van der Waals surface area contributed by atoms with Crippen molar-refractivity contribution in [2.24, 2.45) is 0 Å². The molecule has 0 fully saturated rings. The van der Waals surface area contributed by atoms with E-state index in [1.54, 1.807) is 0 Å². The first-order chi connectivity index (χ1) is 31.8. The third-order valence-corrected chi connectivity index (χ3v) is 17.4. The quantitative estimate of drug-likeness (QED) is 0.154. The number of thiophene rings is 1. The summed E-state index contributed by atoms with van der Waals surface area (Å²) in [5, 5.41) is 9.96. The van der Waals surface area contributed by atoms with Crippen LogP contribution in [0.25, 0.3) is 103 Å². The number of benzene rings is 8. The van der Waals surface area contributed by atoms with Crippen LogP contribution in [-0.4, -0.2) is 11.4 Å². The van der Waals surface area contributed by atoms with Crippen LogP contribution in [0.4, 0.5) is 11.4 Å². The Balaban J connectivity index is 1.21. The van der Waals surface area contributed by atoms with E-state index in [-0.39, 0.29) is 23.1 Å². The second-order valence-corrected chi connectivity index (χ2v) is 22.9. The first-order valence-electron chi connectivity index (χ1n) is 23.7. The predicted molar refractivity (Wildman–Crippen MR) is 281 cm³/mol. The van der Waals surface area contributed by atoms with E-state index in [0.717, 1.165) is 68.1 Å². The highest BCUT2D eigenvalue weighted by Crippen LogP contribution is 2.56. The van der Waals surface area contributed by atoms with Crippen LogP contribution in [0.5, 0.6) is 0 Å². The molecule has 0 atom stereocenters. The fourth-order valence-electron chi connectivity index (χ4n) is 12.7. The molecule has 4 nitrogen and oxygen atoms in total. The lowest BCUT2D eigenvalue weighted by Gasteiger charge is -2.42. The minimum Gasteiger partial charge on any atom is -0.456 e. The van der Waals surface area contributed by atoms with E-state index >= 15 is 0 Å². The Hall–Kier alpha value is -6.76. The van der Waals surface area contributed by atoms with Crippen molar-refractivity contribution in [3.63, 3.8) is 0 Å². The number of anilines is 2. The van der Waals surface area contributed by atoms with E-state index < -0.39 is 0 Å². The highest BCUT2D eigenvalue weighted by Gasteiger charge is 2.47. The standard InChI is InChI=1S/C60H47BN2O2S/c1-58(2,3)32-20-22-33(23-21-32)63-45-31-50-37(34-14-8-11-17-47(34)65-50)26-39(45)52-53-36-16-10-13-19-51(36)66-57(53)54-40-27-41-42(60(6,7)25-24-59(41,4)5)29-44(40)62-46-28-38-35-15-9-12-18-48(35)64-49(38)30-43(46)61(63)55(52)56(54)62/h8-23,26-31H,24-25H2,1-7H3. The van der Waals surface area contributed by atoms with E-state index in [1.165, 1.54) is 86.4 Å². The molecule has 0 N–H and O–H groups in total. The van der Waals surface area contributed by atoms with E-state index in [9.17, 15) is 0 Å². The van der Waals surface area contributed by atoms with Crippen molar-refractivity contribution in [2.75, 3.05) is 4.81 Å². The third-order valence-electron chi connectivity index (χ3n) is 16.2. The molecule has 6 heterocycles. The van der Waals surface area contributed by atoms with Gasteiger partial charge in [0, 0.05) is 81.2 Å². The van der Waals surface area contributed by atoms with Crippen LogP contribution in [0.1, 0.15) is 78.0 Å². The molecular formula is C60H47BN2O2S. The minimum atomic E-state index is -0.188. The molecule has 3 aliphatic rings. The summed E-state index contributed by atoms with van der Waals surface area (Å²) in [5.74, 6) is 0. The van der Waals surface area contributed by atoms with Gasteiger partial charge in [-0.25, -0.2) is 0 Å². The molecule has 15 rings (SSSR count). The zero-order valence-electron chi connectivity index (χ0n) is 38.3. The summed E-state index contributed by atoms with van der Waals surface area (Å²) in [6, 6.07) is 50.5. The monoisotopic (exact) mass is 870 g/mol. The summed E-state index contributed by atoms with van der Waals surface area (Å²) in [5.41, 5.74) is 19.3. The number of aromatic nitrogens is 1. The number of hydrogen-bond donors (Lipinski definition) is 0. The van der Waals surface area contributed by atoms with Crippen molar-refractivity contribution in [1.82, 2.24) is 4.57 Å². The van der Waals surface area contributed by atoms with Crippen molar-refractivity contribution >= 4 is 126 Å². The van der Waals surface area contributed by atoms with Gasteiger partial charge in [-0.15, -0.1) is 11.3 Å². The maximum atomic E-state index is 6.84. The number of hydrogen-bond acceptors (Lipinski definition) is 4. The zero-order valence-corrected chi connectivity index (χ0v) is 39.1. The zero-order chi connectivity index (χ0) is 44.3. The lowest BCUT2D eigenvalue weighted by Crippen LogP contribution is -2.60. The predicted octanol–water partition coefficient (Wildman–Crippen LogP) is 15.8. The third kappa shape index (κ3) is 4.65. The number of furan rings is 2. The number of rotatable bonds is 1. The average molecular weight is 871 g/mol. The molecule has 12 aromatic rings. The molecule has 0 spiro atoms. The van der Waals surface area contributed by atoms with Gasteiger partial charge in [0.05, 0.1) is 11.0 Å².